The lowest BCUT2D eigenvalue weighted by molar-refractivity contribution is 0.408. The quantitative estimate of drug-likeness (QED) is 0.625. The Morgan fingerprint density at radius 2 is 2.00 bits per heavy atom. The molecule has 2 aromatic rings. The van der Waals surface area contributed by atoms with Gasteiger partial charge in [-0.3, -0.25) is 0 Å². The Kier molecular flexibility index (Phi) is 2.00. The van der Waals surface area contributed by atoms with Gasteiger partial charge in [0.05, 0.1) is 5.39 Å². The standard InChI is InChI=1S/C10H12ClN3/c1-10(2,3)14-5-4-7-8(11)12-6-13-9(7)14/h4-6H,1-3H3. The number of hydrogen-bond acceptors (Lipinski definition) is 2. The topological polar surface area (TPSA) is 30.7 Å². The fraction of sp³-hybridized carbons (Fsp3) is 0.400. The molecule has 0 aliphatic carbocycles. The fourth-order valence-corrected chi connectivity index (χ4v) is 1.65. The van der Waals surface area contributed by atoms with Gasteiger partial charge in [0.25, 0.3) is 0 Å². The van der Waals surface area contributed by atoms with Crippen LogP contribution < -0.4 is 0 Å². The van der Waals surface area contributed by atoms with E-state index in [0.29, 0.717) is 5.15 Å². The van der Waals surface area contributed by atoms with Gasteiger partial charge in [0.1, 0.15) is 17.1 Å². The second-order valence-electron chi connectivity index (χ2n) is 4.26. The first-order valence-electron chi connectivity index (χ1n) is 4.48. The molecule has 3 nitrogen and oxygen atoms in total. The third-order valence-electron chi connectivity index (χ3n) is 2.16. The van der Waals surface area contributed by atoms with Crippen molar-refractivity contribution in [3.8, 4) is 0 Å². The van der Waals surface area contributed by atoms with E-state index in [-0.39, 0.29) is 5.54 Å². The molecule has 0 spiro atoms. The van der Waals surface area contributed by atoms with Gasteiger partial charge in [0.2, 0.25) is 0 Å². The van der Waals surface area contributed by atoms with Crippen molar-refractivity contribution >= 4 is 22.6 Å². The highest BCUT2D eigenvalue weighted by Crippen LogP contribution is 2.25. The van der Waals surface area contributed by atoms with Crippen LogP contribution in [0.3, 0.4) is 0 Å². The molecule has 0 N–H and O–H groups in total. The van der Waals surface area contributed by atoms with E-state index in [9.17, 15) is 0 Å². The zero-order valence-corrected chi connectivity index (χ0v) is 9.21. The summed E-state index contributed by atoms with van der Waals surface area (Å²) >= 11 is 5.96. The van der Waals surface area contributed by atoms with Crippen molar-refractivity contribution in [1.29, 1.82) is 0 Å². The maximum absolute atomic E-state index is 5.96. The van der Waals surface area contributed by atoms with Crippen LogP contribution in [0.1, 0.15) is 20.8 Å². The summed E-state index contributed by atoms with van der Waals surface area (Å²) in [4.78, 5) is 8.18. The van der Waals surface area contributed by atoms with Gasteiger partial charge in [0.15, 0.2) is 0 Å². The molecule has 0 saturated carbocycles. The molecule has 14 heavy (non-hydrogen) atoms. The first-order chi connectivity index (χ1) is 6.50. The summed E-state index contributed by atoms with van der Waals surface area (Å²) in [7, 11) is 0. The second kappa shape index (κ2) is 2.95. The Morgan fingerprint density at radius 3 is 2.64 bits per heavy atom. The van der Waals surface area contributed by atoms with Crippen LogP contribution in [-0.2, 0) is 5.54 Å². The van der Waals surface area contributed by atoms with Crippen molar-refractivity contribution in [3.63, 3.8) is 0 Å². The highest BCUT2D eigenvalue weighted by Gasteiger charge is 2.16. The third-order valence-corrected chi connectivity index (χ3v) is 2.46. The average Bonchev–Trinajstić information content (AvgIpc) is 2.47. The highest BCUT2D eigenvalue weighted by molar-refractivity contribution is 6.33. The second-order valence-corrected chi connectivity index (χ2v) is 4.62. The molecular formula is C10H12ClN3. The van der Waals surface area contributed by atoms with Crippen LogP contribution in [-0.4, -0.2) is 14.5 Å². The number of aromatic nitrogens is 3. The minimum absolute atomic E-state index is 0.0133. The van der Waals surface area contributed by atoms with E-state index in [1.807, 2.05) is 12.3 Å². The van der Waals surface area contributed by atoms with Crippen LogP contribution in [0.25, 0.3) is 11.0 Å². The van der Waals surface area contributed by atoms with Crippen LogP contribution in [0, 0.1) is 0 Å². The maximum atomic E-state index is 5.96. The average molecular weight is 210 g/mol. The van der Waals surface area contributed by atoms with Crippen molar-refractivity contribution in [1.82, 2.24) is 14.5 Å². The number of halogens is 1. The minimum atomic E-state index is 0.0133. The van der Waals surface area contributed by atoms with Gasteiger partial charge in [-0.25, -0.2) is 9.97 Å². The normalized spacial score (nSPS) is 12.3. The smallest absolute Gasteiger partial charge is 0.145 e. The van der Waals surface area contributed by atoms with Crippen LogP contribution in [0.2, 0.25) is 5.15 Å². The fourth-order valence-electron chi connectivity index (χ4n) is 1.46. The zero-order valence-electron chi connectivity index (χ0n) is 8.45. The Bertz CT molecular complexity index is 468. The van der Waals surface area contributed by atoms with Crippen molar-refractivity contribution < 1.29 is 0 Å². The monoisotopic (exact) mass is 209 g/mol. The molecule has 0 fully saturated rings. The molecule has 0 atom stereocenters. The molecule has 74 valence electrons. The van der Waals surface area contributed by atoms with E-state index in [0.717, 1.165) is 11.0 Å². The maximum Gasteiger partial charge on any atom is 0.145 e. The van der Waals surface area contributed by atoms with Crippen molar-refractivity contribution in [2.24, 2.45) is 0 Å². The summed E-state index contributed by atoms with van der Waals surface area (Å²) in [5, 5.41) is 1.42. The number of rotatable bonds is 0. The molecule has 0 unspecified atom stereocenters. The van der Waals surface area contributed by atoms with Gasteiger partial charge in [-0.05, 0) is 26.8 Å². The Morgan fingerprint density at radius 1 is 1.29 bits per heavy atom. The summed E-state index contributed by atoms with van der Waals surface area (Å²) < 4.78 is 2.09. The molecule has 0 saturated heterocycles. The third kappa shape index (κ3) is 1.38. The molecule has 0 amide bonds. The summed E-state index contributed by atoms with van der Waals surface area (Å²) in [6.45, 7) is 6.38. The van der Waals surface area contributed by atoms with E-state index in [4.69, 9.17) is 11.6 Å². The zero-order chi connectivity index (χ0) is 10.3. The molecule has 4 heteroatoms. The van der Waals surface area contributed by atoms with Gasteiger partial charge in [-0.1, -0.05) is 11.6 Å². The molecular weight excluding hydrogens is 198 g/mol. The van der Waals surface area contributed by atoms with Gasteiger partial charge >= 0.3 is 0 Å². The summed E-state index contributed by atoms with van der Waals surface area (Å²) in [5.41, 5.74) is 0.900. The largest absolute Gasteiger partial charge is 0.327 e. The summed E-state index contributed by atoms with van der Waals surface area (Å²) in [6.07, 6.45) is 3.48. The van der Waals surface area contributed by atoms with E-state index >= 15 is 0 Å². The Labute approximate surface area is 87.7 Å². The lowest BCUT2D eigenvalue weighted by atomic mass is 10.1. The predicted molar refractivity (Wildman–Crippen MR) is 57.5 cm³/mol. The molecule has 2 heterocycles. The Hall–Kier alpha value is -1.09. The SMILES string of the molecule is CC(C)(C)n1ccc2c(Cl)ncnc21. The highest BCUT2D eigenvalue weighted by atomic mass is 35.5. The molecule has 0 radical (unpaired) electrons. The van der Waals surface area contributed by atoms with E-state index in [1.165, 1.54) is 6.33 Å². The molecule has 0 bridgehead atoms. The predicted octanol–water partition coefficient (Wildman–Crippen LogP) is 2.84. The molecule has 0 aliphatic heterocycles. The molecule has 0 aliphatic rings. The lowest BCUT2D eigenvalue weighted by Gasteiger charge is -2.21. The van der Waals surface area contributed by atoms with Gasteiger partial charge in [-0.15, -0.1) is 0 Å². The van der Waals surface area contributed by atoms with Gasteiger partial charge < -0.3 is 4.57 Å². The van der Waals surface area contributed by atoms with Crippen LogP contribution in [0.5, 0.6) is 0 Å². The molecule has 0 aromatic carbocycles. The van der Waals surface area contributed by atoms with E-state index in [2.05, 4.69) is 35.3 Å². The minimum Gasteiger partial charge on any atom is -0.327 e. The van der Waals surface area contributed by atoms with Crippen molar-refractivity contribution in [3.05, 3.63) is 23.7 Å². The molecule has 2 rings (SSSR count). The first kappa shape index (κ1) is 9.46. The number of fused-ring (bicyclic) bond motifs is 1. The summed E-state index contributed by atoms with van der Waals surface area (Å²) in [5.74, 6) is 0. The van der Waals surface area contributed by atoms with Crippen LogP contribution in [0.4, 0.5) is 0 Å². The first-order valence-corrected chi connectivity index (χ1v) is 4.86. The van der Waals surface area contributed by atoms with Crippen molar-refractivity contribution in [2.75, 3.05) is 0 Å². The van der Waals surface area contributed by atoms with Crippen molar-refractivity contribution in [2.45, 2.75) is 26.3 Å². The Balaban J connectivity index is 2.76. The van der Waals surface area contributed by atoms with Gasteiger partial charge in [0, 0.05) is 11.7 Å². The number of nitrogens with zero attached hydrogens (tertiary/aromatic N) is 3. The van der Waals surface area contributed by atoms with Crippen LogP contribution in [0.15, 0.2) is 18.6 Å². The van der Waals surface area contributed by atoms with Gasteiger partial charge in [-0.2, -0.15) is 0 Å². The van der Waals surface area contributed by atoms with E-state index < -0.39 is 0 Å². The lowest BCUT2D eigenvalue weighted by Crippen LogP contribution is -2.20. The number of hydrogen-bond donors (Lipinski definition) is 0. The summed E-state index contributed by atoms with van der Waals surface area (Å²) in [6, 6.07) is 1.95. The van der Waals surface area contributed by atoms with Crippen LogP contribution >= 0.6 is 11.6 Å². The molecule has 2 aromatic heterocycles. The van der Waals surface area contributed by atoms with E-state index in [1.54, 1.807) is 0 Å².